The SMILES string of the molecule is Brc1cccc([C@@H](C2CC2)N2CCNCC2)c1. The molecule has 17 heavy (non-hydrogen) atoms. The lowest BCUT2D eigenvalue weighted by Crippen LogP contribution is -2.45. The lowest BCUT2D eigenvalue weighted by molar-refractivity contribution is 0.156. The van der Waals surface area contributed by atoms with Crippen LogP contribution in [0.5, 0.6) is 0 Å². The molecule has 3 rings (SSSR count). The van der Waals surface area contributed by atoms with E-state index in [0.717, 1.165) is 19.0 Å². The third-order valence-electron chi connectivity index (χ3n) is 3.80. The summed E-state index contributed by atoms with van der Waals surface area (Å²) in [4.78, 5) is 2.66. The molecule has 0 bridgehead atoms. The van der Waals surface area contributed by atoms with Crippen molar-refractivity contribution in [3.8, 4) is 0 Å². The predicted octanol–water partition coefficient (Wildman–Crippen LogP) is 2.81. The van der Waals surface area contributed by atoms with Gasteiger partial charge in [0.25, 0.3) is 0 Å². The van der Waals surface area contributed by atoms with E-state index >= 15 is 0 Å². The van der Waals surface area contributed by atoms with Crippen LogP contribution in [0.15, 0.2) is 28.7 Å². The molecule has 92 valence electrons. The molecule has 2 fully saturated rings. The van der Waals surface area contributed by atoms with Gasteiger partial charge in [0.05, 0.1) is 0 Å². The molecular weight excluding hydrogens is 276 g/mol. The minimum Gasteiger partial charge on any atom is -0.314 e. The average Bonchev–Trinajstić information content (AvgIpc) is 3.15. The molecule has 1 N–H and O–H groups in total. The van der Waals surface area contributed by atoms with Crippen LogP contribution in [-0.4, -0.2) is 31.1 Å². The molecule has 2 aliphatic rings. The second-order valence-corrected chi connectivity index (χ2v) is 6.04. The Kier molecular flexibility index (Phi) is 3.50. The normalized spacial score (nSPS) is 23.6. The Balaban J connectivity index is 1.83. The maximum atomic E-state index is 3.59. The molecular formula is C14H19BrN2. The van der Waals surface area contributed by atoms with Crippen molar-refractivity contribution in [2.24, 2.45) is 5.92 Å². The Morgan fingerprint density at radius 3 is 2.65 bits per heavy atom. The van der Waals surface area contributed by atoms with Gasteiger partial charge in [0.2, 0.25) is 0 Å². The van der Waals surface area contributed by atoms with Crippen LogP contribution in [0.4, 0.5) is 0 Å². The molecule has 1 aromatic carbocycles. The fourth-order valence-electron chi connectivity index (χ4n) is 2.84. The maximum absolute atomic E-state index is 3.59. The number of hydrogen-bond donors (Lipinski definition) is 1. The van der Waals surface area contributed by atoms with Gasteiger partial charge in [-0.3, -0.25) is 4.90 Å². The summed E-state index contributed by atoms with van der Waals surface area (Å²) >= 11 is 3.59. The van der Waals surface area contributed by atoms with E-state index in [0.29, 0.717) is 6.04 Å². The molecule has 1 saturated heterocycles. The standard InChI is InChI=1S/C14H19BrN2/c15-13-3-1-2-12(10-13)14(11-4-5-11)17-8-6-16-7-9-17/h1-3,10-11,14,16H,4-9H2/t14-/m1/s1. The minimum atomic E-state index is 0.648. The van der Waals surface area contributed by atoms with Crippen LogP contribution >= 0.6 is 15.9 Å². The highest BCUT2D eigenvalue weighted by molar-refractivity contribution is 9.10. The summed E-state index contributed by atoms with van der Waals surface area (Å²) in [5, 5.41) is 3.44. The first-order valence-corrected chi connectivity index (χ1v) is 7.34. The first-order valence-electron chi connectivity index (χ1n) is 6.55. The van der Waals surface area contributed by atoms with Crippen LogP contribution in [0, 0.1) is 5.92 Å². The van der Waals surface area contributed by atoms with Gasteiger partial charge in [-0.15, -0.1) is 0 Å². The van der Waals surface area contributed by atoms with Crippen molar-refractivity contribution in [2.75, 3.05) is 26.2 Å². The van der Waals surface area contributed by atoms with Crippen molar-refractivity contribution in [2.45, 2.75) is 18.9 Å². The number of nitrogens with zero attached hydrogens (tertiary/aromatic N) is 1. The zero-order chi connectivity index (χ0) is 11.7. The summed E-state index contributed by atoms with van der Waals surface area (Å²) in [6.45, 7) is 4.65. The summed E-state index contributed by atoms with van der Waals surface area (Å²) in [6, 6.07) is 9.51. The molecule has 0 spiro atoms. The minimum absolute atomic E-state index is 0.648. The monoisotopic (exact) mass is 294 g/mol. The molecule has 3 heteroatoms. The number of rotatable bonds is 3. The van der Waals surface area contributed by atoms with Crippen LogP contribution in [0.3, 0.4) is 0 Å². The van der Waals surface area contributed by atoms with Gasteiger partial charge in [-0.25, -0.2) is 0 Å². The van der Waals surface area contributed by atoms with Crippen molar-refractivity contribution in [3.63, 3.8) is 0 Å². The van der Waals surface area contributed by atoms with Crippen molar-refractivity contribution >= 4 is 15.9 Å². The molecule has 0 aromatic heterocycles. The Labute approximate surface area is 112 Å². The van der Waals surface area contributed by atoms with E-state index in [1.54, 1.807) is 0 Å². The molecule has 0 amide bonds. The fourth-order valence-corrected chi connectivity index (χ4v) is 3.26. The average molecular weight is 295 g/mol. The van der Waals surface area contributed by atoms with Gasteiger partial charge < -0.3 is 5.32 Å². The molecule has 2 nitrogen and oxygen atoms in total. The van der Waals surface area contributed by atoms with Crippen molar-refractivity contribution < 1.29 is 0 Å². The highest BCUT2D eigenvalue weighted by Gasteiger charge is 2.36. The van der Waals surface area contributed by atoms with E-state index in [2.05, 4.69) is 50.4 Å². The highest BCUT2D eigenvalue weighted by atomic mass is 79.9. The van der Waals surface area contributed by atoms with Crippen molar-refractivity contribution in [1.29, 1.82) is 0 Å². The van der Waals surface area contributed by atoms with Crippen LogP contribution in [0.25, 0.3) is 0 Å². The number of halogens is 1. The van der Waals surface area contributed by atoms with Crippen LogP contribution in [0.2, 0.25) is 0 Å². The van der Waals surface area contributed by atoms with Gasteiger partial charge >= 0.3 is 0 Å². The van der Waals surface area contributed by atoms with Crippen LogP contribution in [-0.2, 0) is 0 Å². The van der Waals surface area contributed by atoms with Gasteiger partial charge in [0.1, 0.15) is 0 Å². The summed E-state index contributed by atoms with van der Waals surface area (Å²) in [6.07, 6.45) is 2.81. The van der Waals surface area contributed by atoms with Crippen LogP contribution < -0.4 is 5.32 Å². The summed E-state index contributed by atoms with van der Waals surface area (Å²) in [5.74, 6) is 0.891. The lowest BCUT2D eigenvalue weighted by Gasteiger charge is -2.35. The van der Waals surface area contributed by atoms with Gasteiger partial charge in [-0.2, -0.15) is 0 Å². The molecule has 1 atom stereocenters. The van der Waals surface area contributed by atoms with E-state index in [-0.39, 0.29) is 0 Å². The summed E-state index contributed by atoms with van der Waals surface area (Å²) in [5.41, 5.74) is 1.49. The molecule has 0 unspecified atom stereocenters. The fraction of sp³-hybridized carbons (Fsp3) is 0.571. The van der Waals surface area contributed by atoms with Gasteiger partial charge in [0, 0.05) is 36.7 Å². The summed E-state index contributed by atoms with van der Waals surface area (Å²) < 4.78 is 1.20. The molecule has 1 aromatic rings. The Morgan fingerprint density at radius 1 is 1.24 bits per heavy atom. The Morgan fingerprint density at radius 2 is 2.00 bits per heavy atom. The first kappa shape index (κ1) is 11.7. The van der Waals surface area contributed by atoms with E-state index in [1.807, 2.05) is 0 Å². The number of piperazine rings is 1. The third kappa shape index (κ3) is 2.72. The van der Waals surface area contributed by atoms with Crippen molar-refractivity contribution in [1.82, 2.24) is 10.2 Å². The van der Waals surface area contributed by atoms with E-state index in [1.165, 1.54) is 36.0 Å². The van der Waals surface area contributed by atoms with Gasteiger partial charge in [-0.1, -0.05) is 28.1 Å². The molecule has 1 saturated carbocycles. The summed E-state index contributed by atoms with van der Waals surface area (Å²) in [7, 11) is 0. The van der Waals surface area contributed by atoms with E-state index < -0.39 is 0 Å². The number of benzene rings is 1. The number of nitrogens with one attached hydrogen (secondary N) is 1. The lowest BCUT2D eigenvalue weighted by atomic mass is 10.00. The first-order chi connectivity index (χ1) is 8.34. The van der Waals surface area contributed by atoms with Crippen molar-refractivity contribution in [3.05, 3.63) is 34.3 Å². The number of hydrogen-bond acceptors (Lipinski definition) is 2. The smallest absolute Gasteiger partial charge is 0.0377 e. The van der Waals surface area contributed by atoms with E-state index in [4.69, 9.17) is 0 Å². The van der Waals surface area contributed by atoms with Gasteiger partial charge in [-0.05, 0) is 36.5 Å². The highest BCUT2D eigenvalue weighted by Crippen LogP contribution is 2.44. The second kappa shape index (κ2) is 5.09. The predicted molar refractivity (Wildman–Crippen MR) is 74.0 cm³/mol. The Hall–Kier alpha value is -0.380. The zero-order valence-corrected chi connectivity index (χ0v) is 11.6. The Bertz CT molecular complexity index is 384. The maximum Gasteiger partial charge on any atom is 0.0377 e. The topological polar surface area (TPSA) is 15.3 Å². The zero-order valence-electron chi connectivity index (χ0n) is 10.0. The van der Waals surface area contributed by atoms with E-state index in [9.17, 15) is 0 Å². The second-order valence-electron chi connectivity index (χ2n) is 5.12. The molecule has 1 aliphatic carbocycles. The molecule has 0 radical (unpaired) electrons. The largest absolute Gasteiger partial charge is 0.314 e. The quantitative estimate of drug-likeness (QED) is 0.922. The third-order valence-corrected chi connectivity index (χ3v) is 4.30. The van der Waals surface area contributed by atoms with Gasteiger partial charge in [0.15, 0.2) is 0 Å². The molecule has 1 aliphatic heterocycles. The molecule has 1 heterocycles. The van der Waals surface area contributed by atoms with Crippen LogP contribution in [0.1, 0.15) is 24.4 Å².